The van der Waals surface area contributed by atoms with E-state index in [1.807, 2.05) is 6.92 Å². The van der Waals surface area contributed by atoms with Crippen molar-refractivity contribution in [2.45, 2.75) is 63.6 Å². The first-order valence-electron chi connectivity index (χ1n) is 12.3. The van der Waals surface area contributed by atoms with Crippen LogP contribution in [0.1, 0.15) is 66.0 Å². The van der Waals surface area contributed by atoms with Crippen LogP contribution in [-0.4, -0.2) is 72.8 Å². The van der Waals surface area contributed by atoms with Crippen LogP contribution < -0.4 is 5.73 Å². The Balaban J connectivity index is 1.11. The van der Waals surface area contributed by atoms with Crippen molar-refractivity contribution in [3.8, 4) is 0 Å². The Bertz CT molecular complexity index is 1230. The van der Waals surface area contributed by atoms with Crippen molar-refractivity contribution < 1.29 is 24.2 Å². The van der Waals surface area contributed by atoms with Crippen molar-refractivity contribution in [1.29, 1.82) is 0 Å². The Morgan fingerprint density at radius 2 is 1.78 bits per heavy atom. The van der Waals surface area contributed by atoms with Crippen LogP contribution in [0.15, 0.2) is 36.9 Å². The maximum absolute atomic E-state index is 12.5. The highest BCUT2D eigenvalue weighted by Gasteiger charge is 2.45. The second kappa shape index (κ2) is 10.3. The molecule has 2 aliphatic rings. The van der Waals surface area contributed by atoms with Crippen LogP contribution in [-0.2, 0) is 9.47 Å². The highest BCUT2D eigenvalue weighted by atomic mass is 16.6. The summed E-state index contributed by atoms with van der Waals surface area (Å²) in [5.74, 6) is -0.155. The van der Waals surface area contributed by atoms with E-state index in [9.17, 15) is 14.7 Å². The Labute approximate surface area is 208 Å². The number of aromatic nitrogens is 4. The fourth-order valence-corrected chi connectivity index (χ4v) is 4.90. The third kappa shape index (κ3) is 4.34. The molecule has 4 atom stereocenters. The Morgan fingerprint density at radius 3 is 2.50 bits per heavy atom. The van der Waals surface area contributed by atoms with E-state index >= 15 is 0 Å². The van der Waals surface area contributed by atoms with Crippen LogP contribution >= 0.6 is 0 Å². The molecule has 1 aromatic carbocycles. The molecule has 0 bridgehead atoms. The number of unbranched alkanes of at least 4 members (excludes halogenated alkanes) is 3. The maximum Gasteiger partial charge on any atom is 0.261 e. The summed E-state index contributed by atoms with van der Waals surface area (Å²) >= 11 is 0. The number of fused-ring (bicyclic) bond motifs is 2. The summed E-state index contributed by atoms with van der Waals surface area (Å²) in [7, 11) is 0. The van der Waals surface area contributed by atoms with E-state index in [0.29, 0.717) is 41.9 Å². The number of imidazole rings is 1. The number of ether oxygens (including phenoxy) is 2. The number of carbonyl (C=O) groups excluding carboxylic acids is 2. The first-order valence-corrected chi connectivity index (χ1v) is 12.3. The van der Waals surface area contributed by atoms with Gasteiger partial charge in [0, 0.05) is 13.2 Å². The number of nitrogens with zero attached hydrogens (tertiary/aromatic N) is 5. The number of nitrogens with two attached hydrogens (primary N) is 1. The number of carbonyl (C=O) groups is 2. The molecular formula is C25H30N6O5. The summed E-state index contributed by atoms with van der Waals surface area (Å²) < 4.78 is 13.9. The van der Waals surface area contributed by atoms with Gasteiger partial charge in [0.15, 0.2) is 17.7 Å². The predicted molar refractivity (Wildman–Crippen MR) is 130 cm³/mol. The fourth-order valence-electron chi connectivity index (χ4n) is 4.90. The van der Waals surface area contributed by atoms with E-state index in [0.717, 1.165) is 25.7 Å². The predicted octanol–water partition coefficient (Wildman–Crippen LogP) is 2.32. The first-order chi connectivity index (χ1) is 17.5. The summed E-state index contributed by atoms with van der Waals surface area (Å²) in [4.78, 5) is 38.8. The van der Waals surface area contributed by atoms with Crippen molar-refractivity contribution >= 4 is 28.8 Å². The van der Waals surface area contributed by atoms with Crippen LogP contribution in [0.3, 0.4) is 0 Å². The second-order valence-corrected chi connectivity index (χ2v) is 9.10. The van der Waals surface area contributed by atoms with Gasteiger partial charge in [0.2, 0.25) is 0 Å². The largest absolute Gasteiger partial charge is 0.388 e. The van der Waals surface area contributed by atoms with Gasteiger partial charge in [0.25, 0.3) is 11.8 Å². The summed E-state index contributed by atoms with van der Waals surface area (Å²) in [5, 5.41) is 10.8. The van der Waals surface area contributed by atoms with Gasteiger partial charge >= 0.3 is 0 Å². The number of nitrogen functional groups attached to an aromatic ring is 1. The monoisotopic (exact) mass is 494 g/mol. The number of amides is 2. The smallest absolute Gasteiger partial charge is 0.261 e. The van der Waals surface area contributed by atoms with E-state index in [2.05, 4.69) is 15.0 Å². The molecule has 2 aromatic heterocycles. The van der Waals surface area contributed by atoms with E-state index < -0.39 is 18.4 Å². The molecule has 3 aromatic rings. The summed E-state index contributed by atoms with van der Waals surface area (Å²) in [6.45, 7) is 2.80. The highest BCUT2D eigenvalue weighted by molar-refractivity contribution is 6.21. The summed E-state index contributed by atoms with van der Waals surface area (Å²) in [6, 6.07) is 6.93. The van der Waals surface area contributed by atoms with Crippen LogP contribution in [0.25, 0.3) is 11.2 Å². The number of imide groups is 1. The number of rotatable bonds is 10. The van der Waals surface area contributed by atoms with Crippen LogP contribution in [0, 0.1) is 0 Å². The lowest BCUT2D eigenvalue weighted by molar-refractivity contribution is -0.0677. The first kappa shape index (κ1) is 24.3. The molecule has 0 radical (unpaired) electrons. The van der Waals surface area contributed by atoms with Crippen LogP contribution in [0.2, 0.25) is 0 Å². The third-order valence-electron chi connectivity index (χ3n) is 6.84. The number of aliphatic hydroxyl groups is 1. The van der Waals surface area contributed by atoms with Crippen molar-refractivity contribution in [3.05, 3.63) is 48.0 Å². The molecule has 11 nitrogen and oxygen atoms in total. The molecule has 11 heteroatoms. The number of anilines is 1. The standard InChI is InChI=1S/C25H30N6O5/c1-2-17-19(32)20(25(36-17)31-14-29-18-21(26)27-13-28-22(18)31)35-12-8-4-3-7-11-30-23(33)15-9-5-6-10-16(15)24(30)34/h5-6,9-10,13-14,17,19-20,25,32H,2-4,7-8,11-12H2,1H3,(H2,26,27,28)/t17-,19+,20?,25-/m1/s1. The Hall–Kier alpha value is -3.41. The van der Waals surface area contributed by atoms with E-state index in [-0.39, 0.29) is 23.7 Å². The fraction of sp³-hybridized carbons (Fsp3) is 0.480. The normalized spacial score (nSPS) is 23.7. The average Bonchev–Trinajstić information content (AvgIpc) is 3.53. The third-order valence-corrected chi connectivity index (χ3v) is 6.84. The lowest BCUT2D eigenvalue weighted by Gasteiger charge is -2.22. The lowest BCUT2D eigenvalue weighted by Crippen LogP contribution is -2.34. The zero-order chi connectivity index (χ0) is 25.2. The quantitative estimate of drug-likeness (QED) is 0.320. The van der Waals surface area contributed by atoms with Gasteiger partial charge in [-0.1, -0.05) is 31.9 Å². The van der Waals surface area contributed by atoms with Gasteiger partial charge in [-0.2, -0.15) is 0 Å². The topological polar surface area (TPSA) is 146 Å². The van der Waals surface area contributed by atoms with Crippen LogP contribution in [0.5, 0.6) is 0 Å². The number of aliphatic hydroxyl groups excluding tert-OH is 1. The van der Waals surface area contributed by atoms with Gasteiger partial charge in [-0.05, 0) is 31.4 Å². The minimum atomic E-state index is -0.787. The van der Waals surface area contributed by atoms with Gasteiger partial charge in [-0.3, -0.25) is 19.1 Å². The molecule has 1 saturated heterocycles. The average molecular weight is 495 g/mol. The van der Waals surface area contributed by atoms with Gasteiger partial charge in [-0.25, -0.2) is 15.0 Å². The molecule has 2 amide bonds. The second-order valence-electron chi connectivity index (χ2n) is 9.10. The van der Waals surface area contributed by atoms with Gasteiger partial charge in [0.05, 0.1) is 23.6 Å². The molecule has 1 fully saturated rings. The molecule has 0 saturated carbocycles. The minimum absolute atomic E-state index is 0.218. The van der Waals surface area contributed by atoms with Gasteiger partial charge in [-0.15, -0.1) is 0 Å². The van der Waals surface area contributed by atoms with E-state index in [1.165, 1.54) is 11.2 Å². The van der Waals surface area contributed by atoms with Crippen molar-refractivity contribution in [3.63, 3.8) is 0 Å². The number of benzene rings is 1. The molecule has 36 heavy (non-hydrogen) atoms. The van der Waals surface area contributed by atoms with Crippen molar-refractivity contribution in [2.24, 2.45) is 0 Å². The van der Waals surface area contributed by atoms with Crippen LogP contribution in [0.4, 0.5) is 5.82 Å². The molecule has 190 valence electrons. The zero-order valence-corrected chi connectivity index (χ0v) is 20.1. The SMILES string of the molecule is CC[C@H]1O[C@@H](n2cnc3c(N)ncnc32)C(OCCCCCCN2C(=O)c3ccccc3C2=O)[C@H]1O. The van der Waals surface area contributed by atoms with E-state index in [1.54, 1.807) is 35.2 Å². The molecular weight excluding hydrogens is 464 g/mol. The minimum Gasteiger partial charge on any atom is -0.388 e. The lowest BCUT2D eigenvalue weighted by atomic mass is 10.1. The van der Waals surface area contributed by atoms with Gasteiger partial charge < -0.3 is 20.3 Å². The van der Waals surface area contributed by atoms with E-state index in [4.69, 9.17) is 15.2 Å². The Morgan fingerprint density at radius 1 is 1.06 bits per heavy atom. The van der Waals surface area contributed by atoms with Gasteiger partial charge in [0.1, 0.15) is 24.1 Å². The Kier molecular flexibility index (Phi) is 6.95. The van der Waals surface area contributed by atoms with Crippen molar-refractivity contribution in [1.82, 2.24) is 24.4 Å². The number of hydrogen-bond donors (Lipinski definition) is 2. The molecule has 0 aliphatic carbocycles. The zero-order valence-electron chi connectivity index (χ0n) is 20.1. The summed E-state index contributed by atoms with van der Waals surface area (Å²) in [5.41, 5.74) is 7.87. The molecule has 2 aliphatic heterocycles. The maximum atomic E-state index is 12.5. The molecule has 5 rings (SSSR count). The van der Waals surface area contributed by atoms with Crippen molar-refractivity contribution in [2.75, 3.05) is 18.9 Å². The summed E-state index contributed by atoms with van der Waals surface area (Å²) in [6.07, 6.45) is 4.49. The molecule has 3 N–H and O–H groups in total. The molecule has 0 spiro atoms. The highest BCUT2D eigenvalue weighted by Crippen LogP contribution is 2.35. The molecule has 4 heterocycles. The molecule has 1 unspecified atom stereocenters. The number of hydrogen-bond acceptors (Lipinski definition) is 9.